The van der Waals surface area contributed by atoms with Crippen LogP contribution >= 0.6 is 0 Å². The van der Waals surface area contributed by atoms with Gasteiger partial charge in [0.2, 0.25) is 11.7 Å². The number of nitrogens with two attached hydrogens (primary N) is 1. The maximum Gasteiger partial charge on any atom is 0.236 e. The van der Waals surface area contributed by atoms with Crippen LogP contribution in [0.2, 0.25) is 0 Å². The molecule has 1 aromatic heterocycles. The Morgan fingerprint density at radius 2 is 2.10 bits per heavy atom. The third kappa shape index (κ3) is 2.07. The Labute approximate surface area is 116 Å². The van der Waals surface area contributed by atoms with Crippen molar-refractivity contribution in [2.24, 2.45) is 5.73 Å². The largest absolute Gasteiger partial charge is 0.497 e. The van der Waals surface area contributed by atoms with Gasteiger partial charge < -0.3 is 19.7 Å². The third-order valence-electron chi connectivity index (χ3n) is 3.78. The fourth-order valence-corrected chi connectivity index (χ4v) is 2.22. The van der Waals surface area contributed by atoms with Gasteiger partial charge in [-0.05, 0) is 31.2 Å². The quantitative estimate of drug-likeness (QED) is 0.910. The highest BCUT2D eigenvalue weighted by molar-refractivity contribution is 5.55. The molecular formula is C14H17N3O3. The SMILES string of the molecule is COc1ccc(-c2noc(C3(C)COCC3N)n2)cc1. The van der Waals surface area contributed by atoms with E-state index in [2.05, 4.69) is 10.1 Å². The van der Waals surface area contributed by atoms with Gasteiger partial charge >= 0.3 is 0 Å². The Morgan fingerprint density at radius 3 is 2.70 bits per heavy atom. The van der Waals surface area contributed by atoms with E-state index in [9.17, 15) is 0 Å². The molecular weight excluding hydrogens is 258 g/mol. The van der Waals surface area contributed by atoms with Crippen LogP contribution in [0.15, 0.2) is 28.8 Å². The van der Waals surface area contributed by atoms with Crippen molar-refractivity contribution in [3.8, 4) is 17.1 Å². The lowest BCUT2D eigenvalue weighted by Gasteiger charge is -2.21. The monoisotopic (exact) mass is 275 g/mol. The summed E-state index contributed by atoms with van der Waals surface area (Å²) in [6.45, 7) is 2.99. The standard InChI is InChI=1S/C14H17N3O3/c1-14(8-19-7-11(14)15)13-16-12(17-20-13)9-3-5-10(18-2)6-4-9/h3-6,11H,7-8,15H2,1-2H3. The first-order valence-electron chi connectivity index (χ1n) is 6.45. The molecule has 1 fully saturated rings. The van der Waals surface area contributed by atoms with Gasteiger partial charge in [-0.2, -0.15) is 4.98 Å². The summed E-state index contributed by atoms with van der Waals surface area (Å²) >= 11 is 0. The molecule has 1 aliphatic heterocycles. The van der Waals surface area contributed by atoms with E-state index in [1.807, 2.05) is 31.2 Å². The predicted octanol–water partition coefficient (Wildman–Crippen LogP) is 1.36. The molecule has 0 radical (unpaired) electrons. The van der Waals surface area contributed by atoms with Crippen molar-refractivity contribution in [1.82, 2.24) is 10.1 Å². The molecule has 0 spiro atoms. The molecule has 3 rings (SSSR count). The van der Waals surface area contributed by atoms with E-state index < -0.39 is 5.41 Å². The average molecular weight is 275 g/mol. The predicted molar refractivity (Wildman–Crippen MR) is 72.4 cm³/mol. The van der Waals surface area contributed by atoms with E-state index in [1.165, 1.54) is 0 Å². The number of hydrogen-bond acceptors (Lipinski definition) is 6. The maximum atomic E-state index is 6.06. The summed E-state index contributed by atoms with van der Waals surface area (Å²) in [6, 6.07) is 7.36. The molecule has 6 heteroatoms. The van der Waals surface area contributed by atoms with E-state index in [4.69, 9.17) is 19.7 Å². The van der Waals surface area contributed by atoms with Crippen LogP contribution in [-0.2, 0) is 10.2 Å². The van der Waals surface area contributed by atoms with Crippen molar-refractivity contribution in [3.63, 3.8) is 0 Å². The van der Waals surface area contributed by atoms with E-state index in [1.54, 1.807) is 7.11 Å². The van der Waals surface area contributed by atoms with Gasteiger partial charge in [-0.15, -0.1) is 0 Å². The maximum absolute atomic E-state index is 6.06. The molecule has 2 atom stereocenters. The highest BCUT2D eigenvalue weighted by Gasteiger charge is 2.44. The molecule has 20 heavy (non-hydrogen) atoms. The highest BCUT2D eigenvalue weighted by atomic mass is 16.5. The minimum atomic E-state index is -0.419. The lowest BCUT2D eigenvalue weighted by molar-refractivity contribution is 0.169. The summed E-state index contributed by atoms with van der Waals surface area (Å²) in [5.74, 6) is 1.85. The van der Waals surface area contributed by atoms with Gasteiger partial charge in [0, 0.05) is 11.6 Å². The van der Waals surface area contributed by atoms with Crippen molar-refractivity contribution < 1.29 is 14.0 Å². The third-order valence-corrected chi connectivity index (χ3v) is 3.78. The van der Waals surface area contributed by atoms with Gasteiger partial charge in [0.1, 0.15) is 5.75 Å². The van der Waals surface area contributed by atoms with Crippen molar-refractivity contribution in [2.45, 2.75) is 18.4 Å². The summed E-state index contributed by atoms with van der Waals surface area (Å²) in [5, 5.41) is 4.03. The van der Waals surface area contributed by atoms with Crippen LogP contribution in [0.25, 0.3) is 11.4 Å². The van der Waals surface area contributed by atoms with Gasteiger partial charge in [-0.3, -0.25) is 0 Å². The van der Waals surface area contributed by atoms with Crippen LogP contribution in [0, 0.1) is 0 Å². The van der Waals surface area contributed by atoms with Crippen molar-refractivity contribution in [1.29, 1.82) is 0 Å². The van der Waals surface area contributed by atoms with E-state index in [-0.39, 0.29) is 6.04 Å². The number of aromatic nitrogens is 2. The van der Waals surface area contributed by atoms with Crippen molar-refractivity contribution in [3.05, 3.63) is 30.2 Å². The van der Waals surface area contributed by atoms with Gasteiger partial charge in [0.15, 0.2) is 0 Å². The summed E-state index contributed by atoms with van der Waals surface area (Å²) in [7, 11) is 1.63. The van der Waals surface area contributed by atoms with Gasteiger partial charge in [-0.25, -0.2) is 0 Å². The van der Waals surface area contributed by atoms with Gasteiger partial charge in [0.25, 0.3) is 0 Å². The molecule has 1 aliphatic rings. The fourth-order valence-electron chi connectivity index (χ4n) is 2.22. The normalized spacial score (nSPS) is 25.9. The Bertz CT molecular complexity index is 596. The molecule has 0 aliphatic carbocycles. The molecule has 2 N–H and O–H groups in total. The lowest BCUT2D eigenvalue weighted by Crippen LogP contribution is -2.42. The second-order valence-corrected chi connectivity index (χ2v) is 5.19. The molecule has 1 saturated heterocycles. The van der Waals surface area contributed by atoms with Crippen molar-refractivity contribution in [2.75, 3.05) is 20.3 Å². The zero-order valence-corrected chi connectivity index (χ0v) is 11.5. The Hall–Kier alpha value is -1.92. The topological polar surface area (TPSA) is 83.4 Å². The molecule has 0 bridgehead atoms. The Morgan fingerprint density at radius 1 is 1.35 bits per heavy atom. The first kappa shape index (κ1) is 13.1. The first-order valence-corrected chi connectivity index (χ1v) is 6.45. The summed E-state index contributed by atoms with van der Waals surface area (Å²) < 4.78 is 15.9. The molecule has 2 aromatic rings. The number of methoxy groups -OCH3 is 1. The van der Waals surface area contributed by atoms with Crippen molar-refractivity contribution >= 4 is 0 Å². The smallest absolute Gasteiger partial charge is 0.236 e. The molecule has 2 heterocycles. The minimum absolute atomic E-state index is 0.133. The zero-order chi connectivity index (χ0) is 14.2. The molecule has 6 nitrogen and oxygen atoms in total. The van der Waals surface area contributed by atoms with Crippen LogP contribution < -0.4 is 10.5 Å². The number of ether oxygens (including phenoxy) is 2. The molecule has 106 valence electrons. The lowest BCUT2D eigenvalue weighted by atomic mass is 9.86. The number of hydrogen-bond donors (Lipinski definition) is 1. The molecule has 2 unspecified atom stereocenters. The zero-order valence-electron chi connectivity index (χ0n) is 11.5. The summed E-state index contributed by atoms with van der Waals surface area (Å²) in [6.07, 6.45) is 0. The Kier molecular flexibility index (Phi) is 3.19. The molecule has 0 saturated carbocycles. The highest BCUT2D eigenvalue weighted by Crippen LogP contribution is 2.32. The van der Waals surface area contributed by atoms with Crippen LogP contribution in [0.4, 0.5) is 0 Å². The number of benzene rings is 1. The minimum Gasteiger partial charge on any atom is -0.497 e. The second kappa shape index (κ2) is 4.88. The van der Waals surface area contributed by atoms with E-state index in [0.29, 0.717) is 24.9 Å². The number of rotatable bonds is 3. The van der Waals surface area contributed by atoms with Gasteiger partial charge in [-0.1, -0.05) is 5.16 Å². The van der Waals surface area contributed by atoms with Crippen LogP contribution in [0.3, 0.4) is 0 Å². The van der Waals surface area contributed by atoms with Crippen LogP contribution in [0.5, 0.6) is 5.75 Å². The van der Waals surface area contributed by atoms with Crippen LogP contribution in [0.1, 0.15) is 12.8 Å². The summed E-state index contributed by atoms with van der Waals surface area (Å²) in [5.41, 5.74) is 6.51. The molecule has 1 aromatic carbocycles. The Balaban J connectivity index is 1.89. The molecule has 0 amide bonds. The summed E-state index contributed by atoms with van der Waals surface area (Å²) in [4.78, 5) is 4.46. The van der Waals surface area contributed by atoms with E-state index >= 15 is 0 Å². The number of nitrogens with zero attached hydrogens (tertiary/aromatic N) is 2. The van der Waals surface area contributed by atoms with Gasteiger partial charge in [0.05, 0.1) is 25.7 Å². The first-order chi connectivity index (χ1) is 9.63. The van der Waals surface area contributed by atoms with Crippen LogP contribution in [-0.4, -0.2) is 36.5 Å². The average Bonchev–Trinajstić information content (AvgIpc) is 3.08. The fraction of sp³-hybridized carbons (Fsp3) is 0.429. The second-order valence-electron chi connectivity index (χ2n) is 5.19. The van der Waals surface area contributed by atoms with E-state index in [0.717, 1.165) is 11.3 Å².